The highest BCUT2D eigenvalue weighted by Gasteiger charge is 2.09. The molecule has 0 amide bonds. The van der Waals surface area contributed by atoms with E-state index < -0.39 is 0 Å². The minimum Gasteiger partial charge on any atom is -0.258 e. The van der Waals surface area contributed by atoms with Gasteiger partial charge in [-0.05, 0) is 22.9 Å². The first-order valence-electron chi connectivity index (χ1n) is 7.82. The van der Waals surface area contributed by atoms with Crippen LogP contribution in [0, 0.1) is 20.2 Å². The van der Waals surface area contributed by atoms with Crippen molar-refractivity contribution in [1.82, 2.24) is 0 Å². The summed E-state index contributed by atoms with van der Waals surface area (Å²) in [6.45, 7) is 0. The van der Waals surface area contributed by atoms with Gasteiger partial charge >= 0.3 is 0 Å². The minimum atomic E-state index is -0.359. The Morgan fingerprint density at radius 2 is 0.846 bits per heavy atom. The van der Waals surface area contributed by atoms with E-state index in [4.69, 9.17) is 0 Å². The summed E-state index contributed by atoms with van der Waals surface area (Å²) in [5.41, 5.74) is 0.330. The van der Waals surface area contributed by atoms with Gasteiger partial charge in [-0.1, -0.05) is 60.7 Å². The van der Waals surface area contributed by atoms with Crippen molar-refractivity contribution in [3.05, 3.63) is 105 Å². The second-order valence-electron chi connectivity index (χ2n) is 5.51. The summed E-state index contributed by atoms with van der Waals surface area (Å²) < 4.78 is 0. The summed E-state index contributed by atoms with van der Waals surface area (Å²) in [6, 6.07) is 24.7. The molecule has 0 N–H and O–H groups in total. The lowest BCUT2D eigenvalue weighted by molar-refractivity contribution is -0.383. The predicted octanol–water partition coefficient (Wildman–Crippen LogP) is 5.50. The van der Waals surface area contributed by atoms with E-state index in [-0.39, 0.29) is 21.2 Å². The third-order valence-corrected chi connectivity index (χ3v) is 3.93. The Balaban J connectivity index is 0.000000151. The number of fused-ring (bicyclic) bond motifs is 2. The van der Waals surface area contributed by atoms with E-state index in [0.717, 1.165) is 10.8 Å². The molecule has 0 bridgehead atoms. The summed E-state index contributed by atoms with van der Waals surface area (Å²) in [6.07, 6.45) is 0. The zero-order valence-corrected chi connectivity index (χ0v) is 13.6. The molecule has 0 aliphatic rings. The smallest absolute Gasteiger partial charge is 0.258 e. The molecular formula is C20H14N2O4. The highest BCUT2D eigenvalue weighted by molar-refractivity contribution is 5.91. The molecule has 4 rings (SSSR count). The number of nitro groups is 2. The topological polar surface area (TPSA) is 86.3 Å². The third kappa shape index (κ3) is 3.49. The van der Waals surface area contributed by atoms with Crippen LogP contribution in [0.25, 0.3) is 21.5 Å². The number of nitrogens with zero attached hydrogens (tertiary/aromatic N) is 2. The van der Waals surface area contributed by atoms with E-state index in [1.54, 1.807) is 36.4 Å². The van der Waals surface area contributed by atoms with Crippen LogP contribution in [0.5, 0.6) is 0 Å². The average Bonchev–Trinajstić information content (AvgIpc) is 2.67. The maximum Gasteiger partial charge on any atom is 0.277 e. The quantitative estimate of drug-likeness (QED) is 0.354. The number of benzene rings is 4. The van der Waals surface area contributed by atoms with Gasteiger partial charge in [0.15, 0.2) is 0 Å². The van der Waals surface area contributed by atoms with Gasteiger partial charge in [0.05, 0.1) is 20.6 Å². The Kier molecular flexibility index (Phi) is 4.85. The van der Waals surface area contributed by atoms with E-state index in [0.29, 0.717) is 10.8 Å². The van der Waals surface area contributed by atoms with Gasteiger partial charge < -0.3 is 0 Å². The zero-order chi connectivity index (χ0) is 18.5. The molecule has 0 aliphatic heterocycles. The van der Waals surface area contributed by atoms with E-state index in [1.165, 1.54) is 12.1 Å². The summed E-state index contributed by atoms with van der Waals surface area (Å²) in [5.74, 6) is 0. The molecule has 128 valence electrons. The van der Waals surface area contributed by atoms with Crippen LogP contribution >= 0.6 is 0 Å². The van der Waals surface area contributed by atoms with Gasteiger partial charge in [-0.2, -0.15) is 0 Å². The number of hydrogen-bond donors (Lipinski definition) is 0. The first-order valence-corrected chi connectivity index (χ1v) is 7.82. The van der Waals surface area contributed by atoms with Crippen LogP contribution in [0.3, 0.4) is 0 Å². The maximum atomic E-state index is 10.6. The molecule has 0 radical (unpaired) electrons. The van der Waals surface area contributed by atoms with Crippen LogP contribution in [0.4, 0.5) is 11.4 Å². The summed E-state index contributed by atoms with van der Waals surface area (Å²) >= 11 is 0. The first kappa shape index (κ1) is 17.0. The molecule has 0 aliphatic carbocycles. The lowest BCUT2D eigenvalue weighted by Gasteiger charge is -1.97. The van der Waals surface area contributed by atoms with Crippen LogP contribution in [0.1, 0.15) is 0 Å². The predicted molar refractivity (Wildman–Crippen MR) is 101 cm³/mol. The zero-order valence-electron chi connectivity index (χ0n) is 13.6. The van der Waals surface area contributed by atoms with Crippen molar-refractivity contribution in [1.29, 1.82) is 0 Å². The highest BCUT2D eigenvalue weighted by Crippen LogP contribution is 2.25. The fraction of sp³-hybridized carbons (Fsp3) is 0. The van der Waals surface area contributed by atoms with Crippen molar-refractivity contribution < 1.29 is 9.85 Å². The Bertz CT molecular complexity index is 1010. The summed E-state index contributed by atoms with van der Waals surface area (Å²) in [7, 11) is 0. The summed E-state index contributed by atoms with van der Waals surface area (Å²) in [5, 5.41) is 24.4. The van der Waals surface area contributed by atoms with Crippen molar-refractivity contribution in [3.8, 4) is 0 Å². The number of rotatable bonds is 2. The van der Waals surface area contributed by atoms with Crippen molar-refractivity contribution in [2.45, 2.75) is 0 Å². The molecule has 0 heterocycles. The van der Waals surface area contributed by atoms with Crippen LogP contribution < -0.4 is 0 Å². The number of non-ortho nitro benzene ring substituents is 2. The van der Waals surface area contributed by atoms with E-state index >= 15 is 0 Å². The molecule has 0 fully saturated rings. The van der Waals surface area contributed by atoms with Crippen molar-refractivity contribution in [3.63, 3.8) is 0 Å². The third-order valence-electron chi connectivity index (χ3n) is 3.93. The van der Waals surface area contributed by atoms with E-state index in [9.17, 15) is 20.2 Å². The van der Waals surface area contributed by atoms with Gasteiger partial charge in [-0.15, -0.1) is 0 Å². The fourth-order valence-electron chi connectivity index (χ4n) is 2.74. The van der Waals surface area contributed by atoms with E-state index in [2.05, 4.69) is 0 Å². The Hall–Kier alpha value is -3.80. The van der Waals surface area contributed by atoms with Crippen LogP contribution in [0.2, 0.25) is 0 Å². The van der Waals surface area contributed by atoms with Crippen molar-refractivity contribution in [2.75, 3.05) is 0 Å². The van der Waals surface area contributed by atoms with Crippen molar-refractivity contribution >= 4 is 32.9 Å². The maximum absolute atomic E-state index is 10.6. The summed E-state index contributed by atoms with van der Waals surface area (Å²) in [4.78, 5) is 20.5. The van der Waals surface area contributed by atoms with Crippen LogP contribution in [0.15, 0.2) is 84.9 Å². The Morgan fingerprint density at radius 1 is 0.500 bits per heavy atom. The molecule has 6 heteroatoms. The van der Waals surface area contributed by atoms with Gasteiger partial charge in [0.2, 0.25) is 0 Å². The van der Waals surface area contributed by atoms with Gasteiger partial charge in [0.1, 0.15) is 0 Å². The molecule has 0 saturated heterocycles. The SMILES string of the molecule is O=[N+]([O-])c1cccc2ccccc12.O=[N+]([O-])c1cccc2ccccc12. The van der Waals surface area contributed by atoms with Crippen molar-refractivity contribution in [2.24, 2.45) is 0 Å². The second kappa shape index (κ2) is 7.40. The molecule has 0 saturated carbocycles. The molecule has 0 atom stereocenters. The fourth-order valence-corrected chi connectivity index (χ4v) is 2.74. The van der Waals surface area contributed by atoms with E-state index in [1.807, 2.05) is 36.4 Å². The normalized spacial score (nSPS) is 10.2. The van der Waals surface area contributed by atoms with Gasteiger partial charge in [0.25, 0.3) is 11.4 Å². The highest BCUT2D eigenvalue weighted by atomic mass is 16.6. The standard InChI is InChI=1S/2C10H7NO2/c2*12-11(13)10-7-3-5-8-4-1-2-6-9(8)10/h2*1-7H. The van der Waals surface area contributed by atoms with Gasteiger partial charge in [0, 0.05) is 12.1 Å². The molecule has 0 aromatic heterocycles. The lowest BCUT2D eigenvalue weighted by Crippen LogP contribution is -1.88. The number of nitro benzene ring substituents is 2. The molecule has 4 aromatic carbocycles. The largest absolute Gasteiger partial charge is 0.277 e. The Labute approximate surface area is 148 Å². The van der Waals surface area contributed by atoms with Gasteiger partial charge in [-0.25, -0.2) is 0 Å². The lowest BCUT2D eigenvalue weighted by atomic mass is 10.1. The molecular weight excluding hydrogens is 332 g/mol. The molecule has 6 nitrogen and oxygen atoms in total. The van der Waals surface area contributed by atoms with Gasteiger partial charge in [-0.3, -0.25) is 20.2 Å². The van der Waals surface area contributed by atoms with Crippen LogP contribution in [-0.2, 0) is 0 Å². The molecule has 0 spiro atoms. The Morgan fingerprint density at radius 3 is 1.23 bits per heavy atom. The number of hydrogen-bond acceptors (Lipinski definition) is 4. The molecule has 0 unspecified atom stereocenters. The average molecular weight is 346 g/mol. The van der Waals surface area contributed by atoms with Crippen LogP contribution in [-0.4, -0.2) is 9.85 Å². The first-order chi connectivity index (χ1) is 12.6. The second-order valence-corrected chi connectivity index (χ2v) is 5.51. The molecule has 4 aromatic rings. The monoisotopic (exact) mass is 346 g/mol. The molecule has 26 heavy (non-hydrogen) atoms. The minimum absolute atomic E-state index is 0.165.